The first-order valence-electron chi connectivity index (χ1n) is 16.1. The van der Waals surface area contributed by atoms with Crippen LogP contribution in [0.1, 0.15) is 113 Å². The molecule has 0 aromatic heterocycles. The number of carbonyl (C=O) groups is 3. The second-order valence-electron chi connectivity index (χ2n) is 15.8. The number of Topliss-reactive ketones (excluding diaryl/α,β-unsaturated/α-hetero) is 1. The monoisotopic (exact) mass is 575 g/mol. The number of hydrogen-bond donors (Lipinski definition) is 0. The van der Waals surface area contributed by atoms with Crippen molar-refractivity contribution < 1.29 is 18.8 Å². The molecule has 0 spiro atoms. The molecule has 4 aliphatic carbocycles. The third-order valence-electron chi connectivity index (χ3n) is 12.9. The van der Waals surface area contributed by atoms with Crippen molar-refractivity contribution in [3.63, 3.8) is 0 Å². The predicted molar refractivity (Wildman–Crippen MR) is 164 cm³/mol. The summed E-state index contributed by atoms with van der Waals surface area (Å²) >= 11 is 0. The average Bonchev–Trinajstić information content (AvgIpc) is 3.36. The van der Waals surface area contributed by atoms with Crippen molar-refractivity contribution in [2.24, 2.45) is 28.6 Å². The predicted octanol–water partition coefficient (Wildman–Crippen LogP) is 7.97. The number of hydrogen-bond acceptors (Lipinski definition) is 4. The summed E-state index contributed by atoms with van der Waals surface area (Å²) in [6.07, 6.45) is 9.34. The van der Waals surface area contributed by atoms with Gasteiger partial charge in [-0.05, 0) is 116 Å². The maximum absolute atomic E-state index is 13.4. The highest BCUT2D eigenvalue weighted by Crippen LogP contribution is 2.66. The summed E-state index contributed by atoms with van der Waals surface area (Å²) in [4.78, 5) is 40.7. The molecule has 6 rings (SSSR count). The molecule has 0 radical (unpaired) electrons. The van der Waals surface area contributed by atoms with Crippen LogP contribution in [-0.4, -0.2) is 43.5 Å². The Bertz CT molecular complexity index is 1290. The smallest absolute Gasteiger partial charge is 0.261 e. The van der Waals surface area contributed by atoms with Gasteiger partial charge in [0.25, 0.3) is 11.8 Å². The molecular weight excluding hydrogens is 526 g/mol. The molecule has 0 bridgehead atoms. The quantitative estimate of drug-likeness (QED) is 0.264. The largest absolute Gasteiger partial charge is 0.413 e. The molecule has 3 saturated carbocycles. The first-order valence-corrected chi connectivity index (χ1v) is 19.0. The first-order chi connectivity index (χ1) is 19.2. The molecule has 1 aliphatic heterocycles. The van der Waals surface area contributed by atoms with Gasteiger partial charge >= 0.3 is 0 Å². The van der Waals surface area contributed by atoms with Crippen LogP contribution in [0.3, 0.4) is 0 Å². The molecule has 0 saturated heterocycles. The average molecular weight is 576 g/mol. The lowest BCUT2D eigenvalue weighted by molar-refractivity contribution is -0.119. The van der Waals surface area contributed by atoms with Crippen LogP contribution in [0.4, 0.5) is 0 Å². The lowest BCUT2D eigenvalue weighted by atomic mass is 9.46. The van der Waals surface area contributed by atoms with Crippen LogP contribution in [0.25, 0.3) is 0 Å². The summed E-state index contributed by atoms with van der Waals surface area (Å²) in [5.74, 6) is 1.74. The normalized spacial score (nSPS) is 35.4. The minimum Gasteiger partial charge on any atom is -0.413 e. The summed E-state index contributed by atoms with van der Waals surface area (Å²) in [7, 11) is -1.84. The van der Waals surface area contributed by atoms with E-state index >= 15 is 0 Å². The molecule has 1 aromatic rings. The Morgan fingerprint density at radius 1 is 0.902 bits per heavy atom. The Kier molecular flexibility index (Phi) is 6.89. The Balaban J connectivity index is 1.22. The lowest BCUT2D eigenvalue weighted by Gasteiger charge is -2.59. The number of amides is 2. The molecule has 2 amide bonds. The van der Waals surface area contributed by atoms with Crippen LogP contribution in [0, 0.1) is 28.6 Å². The molecule has 5 nitrogen and oxygen atoms in total. The van der Waals surface area contributed by atoms with Crippen molar-refractivity contribution in [1.29, 1.82) is 0 Å². The maximum atomic E-state index is 13.4. The highest BCUT2D eigenvalue weighted by molar-refractivity contribution is 6.74. The first kappa shape index (κ1) is 29.0. The molecule has 1 heterocycles. The molecular formula is C35H49NO4Si. The van der Waals surface area contributed by atoms with E-state index in [4.69, 9.17) is 4.43 Å². The fourth-order valence-corrected chi connectivity index (χ4v) is 10.9. The Morgan fingerprint density at radius 3 is 2.20 bits per heavy atom. The zero-order valence-electron chi connectivity index (χ0n) is 26.3. The Labute approximate surface area is 247 Å². The van der Waals surface area contributed by atoms with Gasteiger partial charge < -0.3 is 4.43 Å². The fourth-order valence-electron chi connectivity index (χ4n) is 9.46. The summed E-state index contributed by atoms with van der Waals surface area (Å²) in [5, 5.41) is 0.217. The van der Waals surface area contributed by atoms with E-state index in [2.05, 4.69) is 47.7 Å². The van der Waals surface area contributed by atoms with Crippen molar-refractivity contribution in [3.8, 4) is 0 Å². The van der Waals surface area contributed by atoms with Crippen LogP contribution in [0.2, 0.25) is 18.1 Å². The van der Waals surface area contributed by atoms with Gasteiger partial charge in [0.05, 0.1) is 17.2 Å². The van der Waals surface area contributed by atoms with E-state index in [0.717, 1.165) is 24.8 Å². The fraction of sp³-hybridized carbons (Fsp3) is 0.686. The van der Waals surface area contributed by atoms with Crippen molar-refractivity contribution >= 4 is 25.9 Å². The number of fused-ring (bicyclic) bond motifs is 6. The molecule has 6 atom stereocenters. The van der Waals surface area contributed by atoms with Gasteiger partial charge in [-0.25, -0.2) is 0 Å². The van der Waals surface area contributed by atoms with Crippen LogP contribution in [0.5, 0.6) is 0 Å². The van der Waals surface area contributed by atoms with Gasteiger partial charge in [0.15, 0.2) is 14.1 Å². The Morgan fingerprint density at radius 2 is 1.56 bits per heavy atom. The molecule has 1 aromatic carbocycles. The SMILES string of the molecule is CC(C)(C)[Si](C)(C)OC1CCC2C3CCC4=C(CCN5C(=O)c6ccccc6C5=O)C(=O)CC[C@]4(C)C3CC[C@]12C. The third-order valence-corrected chi connectivity index (χ3v) is 17.4. The second kappa shape index (κ2) is 9.73. The standard InChI is InChI=1S/C35H49NO4Si/c1-33(2,3)41(6,7)40-30-15-14-26-24-12-13-27-25(18-21-36-31(38)22-10-8-9-11-23(22)32(36)39)29(37)17-20-34(27,4)28(24)16-19-35(26,30)5/h8-11,24,26,28,30H,12-21H2,1-7H3/t24?,26?,28?,30?,34-,35-/m0/s1. The summed E-state index contributed by atoms with van der Waals surface area (Å²) in [6.45, 7) is 17.1. The van der Waals surface area contributed by atoms with Crippen LogP contribution < -0.4 is 0 Å². The van der Waals surface area contributed by atoms with E-state index < -0.39 is 8.32 Å². The number of ketones is 1. The van der Waals surface area contributed by atoms with Crippen molar-refractivity contribution in [3.05, 3.63) is 46.5 Å². The van der Waals surface area contributed by atoms with E-state index in [-0.39, 0.29) is 40.0 Å². The van der Waals surface area contributed by atoms with Gasteiger partial charge in [-0.2, -0.15) is 0 Å². The van der Waals surface area contributed by atoms with Crippen LogP contribution in [-0.2, 0) is 9.22 Å². The Hall–Kier alpha value is -2.05. The van der Waals surface area contributed by atoms with Gasteiger partial charge in [0, 0.05) is 13.0 Å². The van der Waals surface area contributed by atoms with Crippen LogP contribution in [0.15, 0.2) is 35.4 Å². The number of nitrogens with zero attached hydrogens (tertiary/aromatic N) is 1. The number of rotatable bonds is 5. The van der Waals surface area contributed by atoms with Crippen molar-refractivity contribution in [2.45, 2.75) is 117 Å². The minimum atomic E-state index is -1.84. The highest BCUT2D eigenvalue weighted by Gasteiger charge is 2.60. The third kappa shape index (κ3) is 4.37. The van der Waals surface area contributed by atoms with E-state index in [1.807, 2.05) is 0 Å². The number of allylic oxidation sites excluding steroid dienone is 1. The van der Waals surface area contributed by atoms with E-state index in [1.54, 1.807) is 24.3 Å². The van der Waals surface area contributed by atoms with Crippen molar-refractivity contribution in [1.82, 2.24) is 4.90 Å². The van der Waals surface area contributed by atoms with Gasteiger partial charge in [-0.1, -0.05) is 52.3 Å². The molecule has 4 unspecified atom stereocenters. The van der Waals surface area contributed by atoms with E-state index in [1.165, 1.54) is 36.2 Å². The number of benzene rings is 1. The lowest BCUT2D eigenvalue weighted by Crippen LogP contribution is -2.54. The van der Waals surface area contributed by atoms with Gasteiger partial charge in [0.2, 0.25) is 0 Å². The van der Waals surface area contributed by atoms with E-state index in [9.17, 15) is 14.4 Å². The highest BCUT2D eigenvalue weighted by atomic mass is 28.4. The molecule has 222 valence electrons. The number of imide groups is 1. The number of carbonyl (C=O) groups excluding carboxylic acids is 3. The summed E-state index contributed by atoms with van der Waals surface area (Å²) in [6, 6.07) is 7.05. The zero-order valence-corrected chi connectivity index (χ0v) is 27.3. The van der Waals surface area contributed by atoms with Crippen molar-refractivity contribution in [2.75, 3.05) is 6.54 Å². The summed E-state index contributed by atoms with van der Waals surface area (Å²) < 4.78 is 7.12. The summed E-state index contributed by atoms with van der Waals surface area (Å²) in [5.41, 5.74) is 3.51. The molecule has 41 heavy (non-hydrogen) atoms. The van der Waals surface area contributed by atoms with Crippen LogP contribution >= 0.6 is 0 Å². The van der Waals surface area contributed by atoms with Gasteiger partial charge in [-0.3, -0.25) is 19.3 Å². The van der Waals surface area contributed by atoms with Gasteiger partial charge in [-0.15, -0.1) is 0 Å². The minimum absolute atomic E-state index is 0.0356. The molecule has 5 aliphatic rings. The topological polar surface area (TPSA) is 63.7 Å². The maximum Gasteiger partial charge on any atom is 0.261 e. The van der Waals surface area contributed by atoms with Gasteiger partial charge in [0.1, 0.15) is 0 Å². The molecule has 6 heteroatoms. The van der Waals surface area contributed by atoms with E-state index in [0.29, 0.717) is 47.8 Å². The zero-order chi connectivity index (χ0) is 29.5. The molecule has 3 fully saturated rings. The molecule has 0 N–H and O–H groups in total. The second-order valence-corrected chi connectivity index (χ2v) is 20.5.